The van der Waals surface area contributed by atoms with Gasteiger partial charge in [-0.1, -0.05) is 18.2 Å². The van der Waals surface area contributed by atoms with Crippen LogP contribution in [0.4, 0.5) is 4.79 Å². The van der Waals surface area contributed by atoms with Crippen LogP contribution in [0, 0.1) is 11.3 Å². The predicted octanol–water partition coefficient (Wildman–Crippen LogP) is 1.07. The SMILES string of the molecule is CN1CCC2(CC1)NC(=O)N(Cc1ccccc1C#N)C2=O. The zero-order chi connectivity index (χ0) is 15.7. The maximum Gasteiger partial charge on any atom is 0.325 e. The smallest absolute Gasteiger partial charge is 0.323 e. The molecule has 1 spiro atoms. The van der Waals surface area contributed by atoms with Gasteiger partial charge >= 0.3 is 6.03 Å². The van der Waals surface area contributed by atoms with Gasteiger partial charge in [0.15, 0.2) is 0 Å². The van der Waals surface area contributed by atoms with Gasteiger partial charge in [-0.15, -0.1) is 0 Å². The van der Waals surface area contributed by atoms with Crippen LogP contribution >= 0.6 is 0 Å². The van der Waals surface area contributed by atoms with Gasteiger partial charge in [-0.2, -0.15) is 5.26 Å². The van der Waals surface area contributed by atoms with Crippen LogP contribution in [0.2, 0.25) is 0 Å². The molecule has 6 nitrogen and oxygen atoms in total. The van der Waals surface area contributed by atoms with Crippen molar-refractivity contribution in [2.75, 3.05) is 20.1 Å². The van der Waals surface area contributed by atoms with Gasteiger partial charge in [0.25, 0.3) is 5.91 Å². The first-order valence-corrected chi connectivity index (χ1v) is 7.36. The van der Waals surface area contributed by atoms with Crippen molar-refractivity contribution in [1.82, 2.24) is 15.1 Å². The number of rotatable bonds is 2. The summed E-state index contributed by atoms with van der Waals surface area (Å²) in [6.07, 6.45) is 1.26. The zero-order valence-electron chi connectivity index (χ0n) is 12.5. The fourth-order valence-electron chi connectivity index (χ4n) is 3.10. The molecule has 0 unspecified atom stereocenters. The lowest BCUT2D eigenvalue weighted by Gasteiger charge is -2.35. The first kappa shape index (κ1) is 14.5. The second-order valence-electron chi connectivity index (χ2n) is 5.98. The molecule has 22 heavy (non-hydrogen) atoms. The number of benzene rings is 1. The number of hydrogen-bond acceptors (Lipinski definition) is 4. The molecule has 114 valence electrons. The van der Waals surface area contributed by atoms with Crippen molar-refractivity contribution in [3.05, 3.63) is 35.4 Å². The fraction of sp³-hybridized carbons (Fsp3) is 0.438. The molecule has 0 aliphatic carbocycles. The monoisotopic (exact) mass is 298 g/mol. The Kier molecular flexibility index (Phi) is 3.59. The number of amides is 3. The molecule has 0 aromatic heterocycles. The van der Waals surface area contributed by atoms with Crippen LogP contribution in [0.25, 0.3) is 0 Å². The molecular formula is C16H18N4O2. The Morgan fingerprint density at radius 1 is 1.27 bits per heavy atom. The van der Waals surface area contributed by atoms with E-state index in [1.165, 1.54) is 4.90 Å². The Morgan fingerprint density at radius 2 is 1.95 bits per heavy atom. The van der Waals surface area contributed by atoms with Crippen molar-refractivity contribution in [3.63, 3.8) is 0 Å². The van der Waals surface area contributed by atoms with Gasteiger partial charge in [-0.05, 0) is 31.5 Å². The quantitative estimate of drug-likeness (QED) is 0.829. The van der Waals surface area contributed by atoms with Crippen molar-refractivity contribution in [1.29, 1.82) is 5.26 Å². The molecule has 1 aromatic carbocycles. The number of piperidine rings is 1. The summed E-state index contributed by atoms with van der Waals surface area (Å²) in [5, 5.41) is 12.0. The second kappa shape index (κ2) is 5.43. The lowest BCUT2D eigenvalue weighted by atomic mass is 9.87. The number of hydrogen-bond donors (Lipinski definition) is 1. The minimum atomic E-state index is -0.759. The Hall–Kier alpha value is -2.39. The van der Waals surface area contributed by atoms with E-state index in [0.717, 1.165) is 13.1 Å². The van der Waals surface area contributed by atoms with Crippen LogP contribution in [0.5, 0.6) is 0 Å². The van der Waals surface area contributed by atoms with Crippen molar-refractivity contribution in [3.8, 4) is 6.07 Å². The van der Waals surface area contributed by atoms with Crippen LogP contribution in [-0.2, 0) is 11.3 Å². The maximum absolute atomic E-state index is 12.7. The second-order valence-corrected chi connectivity index (χ2v) is 5.98. The molecule has 1 N–H and O–H groups in total. The molecule has 0 radical (unpaired) electrons. The summed E-state index contributed by atoms with van der Waals surface area (Å²) in [6.45, 7) is 1.72. The van der Waals surface area contributed by atoms with Gasteiger partial charge in [0.05, 0.1) is 18.2 Å². The molecule has 2 fully saturated rings. The number of imide groups is 1. The third-order valence-corrected chi connectivity index (χ3v) is 4.55. The first-order chi connectivity index (χ1) is 10.6. The van der Waals surface area contributed by atoms with Crippen molar-refractivity contribution in [2.24, 2.45) is 0 Å². The highest BCUT2D eigenvalue weighted by Gasteiger charge is 2.51. The molecule has 0 bridgehead atoms. The van der Waals surface area contributed by atoms with E-state index in [-0.39, 0.29) is 18.5 Å². The van der Waals surface area contributed by atoms with E-state index in [1.54, 1.807) is 24.3 Å². The number of nitrogens with one attached hydrogen (secondary N) is 1. The van der Waals surface area contributed by atoms with Gasteiger partial charge in [0.2, 0.25) is 0 Å². The highest BCUT2D eigenvalue weighted by atomic mass is 16.2. The van der Waals surface area contributed by atoms with Gasteiger partial charge in [0.1, 0.15) is 5.54 Å². The number of nitriles is 1. The van der Waals surface area contributed by atoms with Crippen LogP contribution in [0.15, 0.2) is 24.3 Å². The van der Waals surface area contributed by atoms with Gasteiger partial charge < -0.3 is 10.2 Å². The lowest BCUT2D eigenvalue weighted by Crippen LogP contribution is -2.54. The number of carbonyl (C=O) groups is 2. The minimum Gasteiger partial charge on any atom is -0.323 e. The third-order valence-electron chi connectivity index (χ3n) is 4.55. The number of carbonyl (C=O) groups excluding carboxylic acids is 2. The summed E-state index contributed by atoms with van der Waals surface area (Å²) in [7, 11) is 2.01. The molecule has 0 atom stereocenters. The summed E-state index contributed by atoms with van der Waals surface area (Å²) in [5.74, 6) is -0.168. The minimum absolute atomic E-state index is 0.145. The van der Waals surface area contributed by atoms with E-state index < -0.39 is 5.54 Å². The van der Waals surface area contributed by atoms with E-state index in [0.29, 0.717) is 24.0 Å². The molecule has 1 aromatic rings. The van der Waals surface area contributed by atoms with Crippen LogP contribution in [0.1, 0.15) is 24.0 Å². The maximum atomic E-state index is 12.7. The number of likely N-dealkylation sites (tertiary alicyclic amines) is 1. The van der Waals surface area contributed by atoms with E-state index in [9.17, 15) is 9.59 Å². The first-order valence-electron chi connectivity index (χ1n) is 7.36. The number of urea groups is 1. The van der Waals surface area contributed by atoms with Crippen molar-refractivity contribution < 1.29 is 9.59 Å². The van der Waals surface area contributed by atoms with Crippen molar-refractivity contribution in [2.45, 2.75) is 24.9 Å². The summed E-state index contributed by atoms with van der Waals surface area (Å²) >= 11 is 0. The standard InChI is InChI=1S/C16H18N4O2/c1-19-8-6-16(7-9-19)14(21)20(15(22)18-16)11-13-5-3-2-4-12(13)10-17/h2-5H,6-9,11H2,1H3,(H,18,22). The van der Waals surface area contributed by atoms with E-state index in [4.69, 9.17) is 5.26 Å². The zero-order valence-corrected chi connectivity index (χ0v) is 12.5. The fourth-order valence-corrected chi connectivity index (χ4v) is 3.10. The van der Waals surface area contributed by atoms with E-state index >= 15 is 0 Å². The molecule has 3 amide bonds. The Balaban J connectivity index is 1.82. The summed E-state index contributed by atoms with van der Waals surface area (Å²) in [4.78, 5) is 28.4. The molecule has 2 heterocycles. The molecule has 2 aliphatic heterocycles. The molecular weight excluding hydrogens is 280 g/mol. The number of nitrogens with zero attached hydrogens (tertiary/aromatic N) is 3. The van der Waals surface area contributed by atoms with Gasteiger partial charge in [0, 0.05) is 13.1 Å². The van der Waals surface area contributed by atoms with Crippen LogP contribution in [-0.4, -0.2) is 47.4 Å². The highest BCUT2D eigenvalue weighted by molar-refractivity contribution is 6.07. The average Bonchev–Trinajstić information content (AvgIpc) is 2.75. The topological polar surface area (TPSA) is 76.4 Å². The third kappa shape index (κ3) is 2.34. The van der Waals surface area contributed by atoms with E-state index in [2.05, 4.69) is 16.3 Å². The molecule has 0 saturated carbocycles. The molecule has 6 heteroatoms. The van der Waals surface area contributed by atoms with Gasteiger partial charge in [-0.3, -0.25) is 9.69 Å². The Morgan fingerprint density at radius 3 is 2.64 bits per heavy atom. The van der Waals surface area contributed by atoms with Crippen molar-refractivity contribution >= 4 is 11.9 Å². The van der Waals surface area contributed by atoms with E-state index in [1.807, 2.05) is 7.05 Å². The van der Waals surface area contributed by atoms with Crippen LogP contribution in [0.3, 0.4) is 0 Å². The average molecular weight is 298 g/mol. The largest absolute Gasteiger partial charge is 0.325 e. The highest BCUT2D eigenvalue weighted by Crippen LogP contribution is 2.30. The summed E-state index contributed by atoms with van der Waals surface area (Å²) < 4.78 is 0. The Labute approximate surface area is 129 Å². The Bertz CT molecular complexity index is 656. The molecule has 2 aliphatic rings. The summed E-state index contributed by atoms with van der Waals surface area (Å²) in [6, 6.07) is 8.79. The normalized spacial score (nSPS) is 21.0. The summed E-state index contributed by atoms with van der Waals surface area (Å²) in [5.41, 5.74) is 0.427. The predicted molar refractivity (Wildman–Crippen MR) is 79.7 cm³/mol. The van der Waals surface area contributed by atoms with Gasteiger partial charge in [-0.25, -0.2) is 4.79 Å². The van der Waals surface area contributed by atoms with Crippen LogP contribution < -0.4 is 5.32 Å². The lowest BCUT2D eigenvalue weighted by molar-refractivity contribution is -0.133. The molecule has 3 rings (SSSR count). The molecule has 2 saturated heterocycles.